The topological polar surface area (TPSA) is 46.9 Å². The van der Waals surface area contributed by atoms with Crippen molar-refractivity contribution in [2.24, 2.45) is 0 Å². The molecule has 0 radical (unpaired) electrons. The van der Waals surface area contributed by atoms with Crippen LogP contribution in [0, 0.1) is 0 Å². The molecule has 27 heavy (non-hydrogen) atoms. The highest BCUT2D eigenvalue weighted by molar-refractivity contribution is 6.30. The zero-order valence-corrected chi connectivity index (χ0v) is 15.8. The summed E-state index contributed by atoms with van der Waals surface area (Å²) in [5.74, 6) is 0.0912. The quantitative estimate of drug-likeness (QED) is 0.693. The molecule has 4 rings (SSSR count). The number of nitrogens with zero attached hydrogens (tertiary/aromatic N) is 2. The van der Waals surface area contributed by atoms with Gasteiger partial charge >= 0.3 is 0 Å². The van der Waals surface area contributed by atoms with Gasteiger partial charge in [-0.05, 0) is 41.7 Å². The summed E-state index contributed by atoms with van der Waals surface area (Å²) in [5.41, 5.74) is 2.89. The summed E-state index contributed by atoms with van der Waals surface area (Å²) in [7, 11) is 0. The Balaban J connectivity index is 1.49. The molecule has 0 spiro atoms. The van der Waals surface area contributed by atoms with Crippen LogP contribution in [0.25, 0.3) is 0 Å². The Hall–Kier alpha value is -2.59. The fourth-order valence-electron chi connectivity index (χ4n) is 3.77. The third-order valence-electron chi connectivity index (χ3n) is 5.49. The second-order valence-electron chi connectivity index (χ2n) is 7.13. The lowest BCUT2D eigenvalue weighted by Gasteiger charge is -2.41. The van der Waals surface area contributed by atoms with E-state index < -0.39 is 5.41 Å². The first-order valence-electron chi connectivity index (χ1n) is 9.24. The Bertz CT molecular complexity index is 932. The number of rotatable bonds is 6. The van der Waals surface area contributed by atoms with E-state index in [1.165, 1.54) is 5.56 Å². The molecular formula is C22H22ClN3O. The number of imidazole rings is 1. The van der Waals surface area contributed by atoms with Crippen LogP contribution in [-0.2, 0) is 23.3 Å². The highest BCUT2D eigenvalue weighted by atomic mass is 35.5. The number of halogens is 1. The lowest BCUT2D eigenvalue weighted by Crippen LogP contribution is -2.49. The van der Waals surface area contributed by atoms with Gasteiger partial charge in [0, 0.05) is 30.5 Å². The normalized spacial score (nSPS) is 15.1. The third kappa shape index (κ3) is 3.62. The molecule has 1 aliphatic rings. The molecule has 0 atom stereocenters. The van der Waals surface area contributed by atoms with Crippen LogP contribution in [0.15, 0.2) is 67.3 Å². The predicted molar refractivity (Wildman–Crippen MR) is 107 cm³/mol. The van der Waals surface area contributed by atoms with E-state index in [1.54, 1.807) is 12.5 Å². The van der Waals surface area contributed by atoms with Crippen molar-refractivity contribution < 1.29 is 4.79 Å². The first kappa shape index (κ1) is 17.8. The van der Waals surface area contributed by atoms with Crippen LogP contribution in [0.4, 0.5) is 0 Å². The molecule has 1 aromatic heterocycles. The van der Waals surface area contributed by atoms with Crippen molar-refractivity contribution in [1.29, 1.82) is 0 Å². The van der Waals surface area contributed by atoms with Gasteiger partial charge in [-0.3, -0.25) is 4.79 Å². The zero-order chi connectivity index (χ0) is 18.7. The third-order valence-corrected chi connectivity index (χ3v) is 5.72. The van der Waals surface area contributed by atoms with Crippen molar-refractivity contribution in [1.82, 2.24) is 14.9 Å². The number of aromatic nitrogens is 2. The number of hydrogen-bond donors (Lipinski definition) is 1. The second-order valence-corrected chi connectivity index (χ2v) is 7.57. The van der Waals surface area contributed by atoms with Crippen LogP contribution in [0.3, 0.4) is 0 Å². The fraction of sp³-hybridized carbons (Fsp3) is 0.273. The molecular weight excluding hydrogens is 358 g/mol. The van der Waals surface area contributed by atoms with Gasteiger partial charge in [-0.1, -0.05) is 54.4 Å². The molecule has 138 valence electrons. The van der Waals surface area contributed by atoms with E-state index in [2.05, 4.69) is 22.4 Å². The lowest BCUT2D eigenvalue weighted by molar-refractivity contribution is -0.130. The van der Waals surface area contributed by atoms with Crippen LogP contribution < -0.4 is 5.32 Å². The molecule has 1 heterocycles. The number of amides is 1. The summed E-state index contributed by atoms with van der Waals surface area (Å²) in [6, 6.07) is 15.9. The van der Waals surface area contributed by atoms with Crippen molar-refractivity contribution in [2.75, 3.05) is 0 Å². The van der Waals surface area contributed by atoms with Gasteiger partial charge in [-0.2, -0.15) is 0 Å². The van der Waals surface area contributed by atoms with E-state index in [0.29, 0.717) is 11.6 Å². The molecule has 0 saturated heterocycles. The Morgan fingerprint density at radius 2 is 1.96 bits per heavy atom. The smallest absolute Gasteiger partial charge is 0.230 e. The Morgan fingerprint density at radius 1 is 1.15 bits per heavy atom. The maximum Gasteiger partial charge on any atom is 0.230 e. The van der Waals surface area contributed by atoms with Gasteiger partial charge in [0.1, 0.15) is 0 Å². The van der Waals surface area contributed by atoms with Crippen molar-refractivity contribution in [2.45, 2.75) is 37.8 Å². The molecule has 3 aromatic rings. The van der Waals surface area contributed by atoms with E-state index in [4.69, 9.17) is 11.6 Å². The highest BCUT2D eigenvalue weighted by Crippen LogP contribution is 2.44. The molecule has 1 N–H and O–H groups in total. The van der Waals surface area contributed by atoms with Crippen LogP contribution in [-0.4, -0.2) is 15.5 Å². The maximum atomic E-state index is 13.1. The minimum atomic E-state index is -0.440. The minimum Gasteiger partial charge on any atom is -0.351 e. The number of nitrogens with one attached hydrogen (secondary N) is 1. The molecule has 0 aliphatic heterocycles. The van der Waals surface area contributed by atoms with Gasteiger partial charge in [0.05, 0.1) is 11.7 Å². The predicted octanol–water partition coefficient (Wildman–Crippen LogP) is 4.32. The molecule has 1 saturated carbocycles. The summed E-state index contributed by atoms with van der Waals surface area (Å²) in [6.07, 6.45) is 8.33. The Labute approximate surface area is 164 Å². The SMILES string of the molecule is O=C(NCc1ccccc1Cn1ccnc1)C1(c2cccc(Cl)c2)CCC1. The first-order chi connectivity index (χ1) is 13.2. The van der Waals surface area contributed by atoms with E-state index in [-0.39, 0.29) is 5.91 Å². The summed E-state index contributed by atoms with van der Waals surface area (Å²) >= 11 is 6.16. The van der Waals surface area contributed by atoms with Crippen LogP contribution in [0.5, 0.6) is 0 Å². The van der Waals surface area contributed by atoms with Crippen molar-refractivity contribution in [3.05, 3.63) is 89.0 Å². The number of benzene rings is 2. The van der Waals surface area contributed by atoms with Gasteiger partial charge < -0.3 is 9.88 Å². The number of carbonyl (C=O) groups is 1. The zero-order valence-electron chi connectivity index (χ0n) is 15.1. The molecule has 0 bridgehead atoms. The summed E-state index contributed by atoms with van der Waals surface area (Å²) in [6.45, 7) is 1.26. The van der Waals surface area contributed by atoms with Gasteiger partial charge in [-0.15, -0.1) is 0 Å². The minimum absolute atomic E-state index is 0.0912. The molecule has 1 amide bonds. The fourth-order valence-corrected chi connectivity index (χ4v) is 3.96. The van der Waals surface area contributed by atoms with Crippen LogP contribution in [0.2, 0.25) is 5.02 Å². The Morgan fingerprint density at radius 3 is 2.63 bits per heavy atom. The van der Waals surface area contributed by atoms with Gasteiger partial charge in [0.2, 0.25) is 5.91 Å². The van der Waals surface area contributed by atoms with Crippen molar-refractivity contribution in [3.63, 3.8) is 0 Å². The molecule has 4 nitrogen and oxygen atoms in total. The van der Waals surface area contributed by atoms with Crippen LogP contribution >= 0.6 is 11.6 Å². The molecule has 1 fully saturated rings. The summed E-state index contributed by atoms with van der Waals surface area (Å²) in [5, 5.41) is 3.85. The largest absolute Gasteiger partial charge is 0.351 e. The van der Waals surface area contributed by atoms with E-state index in [0.717, 1.165) is 36.9 Å². The standard InChI is InChI=1S/C22H22ClN3O/c23-20-8-3-7-19(13-20)22(9-4-10-22)21(27)25-14-17-5-1-2-6-18(17)15-26-12-11-24-16-26/h1-3,5-8,11-13,16H,4,9-10,14-15H2,(H,25,27). The van der Waals surface area contributed by atoms with E-state index in [1.807, 2.05) is 47.2 Å². The van der Waals surface area contributed by atoms with Gasteiger partial charge in [-0.25, -0.2) is 4.98 Å². The average molecular weight is 380 g/mol. The van der Waals surface area contributed by atoms with Crippen molar-refractivity contribution in [3.8, 4) is 0 Å². The highest BCUT2D eigenvalue weighted by Gasteiger charge is 2.45. The molecule has 1 aliphatic carbocycles. The van der Waals surface area contributed by atoms with Crippen LogP contribution in [0.1, 0.15) is 36.0 Å². The number of hydrogen-bond acceptors (Lipinski definition) is 2. The van der Waals surface area contributed by atoms with Crippen molar-refractivity contribution >= 4 is 17.5 Å². The molecule has 0 unspecified atom stereocenters. The van der Waals surface area contributed by atoms with Gasteiger partial charge in [0.25, 0.3) is 0 Å². The summed E-state index contributed by atoms with van der Waals surface area (Å²) < 4.78 is 2.03. The molecule has 5 heteroatoms. The lowest BCUT2D eigenvalue weighted by atomic mass is 9.64. The van der Waals surface area contributed by atoms with Gasteiger partial charge in [0.15, 0.2) is 0 Å². The summed E-state index contributed by atoms with van der Waals surface area (Å²) in [4.78, 5) is 17.2. The first-order valence-corrected chi connectivity index (χ1v) is 9.62. The number of carbonyl (C=O) groups excluding carboxylic acids is 1. The van der Waals surface area contributed by atoms with E-state index >= 15 is 0 Å². The Kier molecular flexibility index (Phi) is 4.99. The second kappa shape index (κ2) is 7.57. The maximum absolute atomic E-state index is 13.1. The van der Waals surface area contributed by atoms with E-state index in [9.17, 15) is 4.79 Å². The monoisotopic (exact) mass is 379 g/mol. The molecule has 2 aromatic carbocycles. The average Bonchev–Trinajstić information content (AvgIpc) is 3.13.